The molecule has 3 aromatic rings. The highest BCUT2D eigenvalue weighted by Crippen LogP contribution is 2.21. The van der Waals surface area contributed by atoms with E-state index in [9.17, 15) is 4.79 Å². The van der Waals surface area contributed by atoms with Crippen molar-refractivity contribution in [2.45, 2.75) is 6.92 Å². The Bertz CT molecular complexity index is 757. The molecule has 0 saturated carbocycles. The standard InChI is InChI=1S/C15H11NO3/c1-10-4-2-5-12(16-10)11-7-8-14(19-15(11)17)13-6-3-9-18-13/h2-9H,1H3. The van der Waals surface area contributed by atoms with Crippen molar-refractivity contribution in [3.63, 3.8) is 0 Å². The summed E-state index contributed by atoms with van der Waals surface area (Å²) in [5.41, 5.74) is 1.48. The molecule has 0 fully saturated rings. The second-order valence-electron chi connectivity index (χ2n) is 4.14. The maximum absolute atomic E-state index is 12.0. The lowest BCUT2D eigenvalue weighted by Crippen LogP contribution is -2.04. The summed E-state index contributed by atoms with van der Waals surface area (Å²) < 4.78 is 10.4. The lowest BCUT2D eigenvalue weighted by atomic mass is 10.1. The average molecular weight is 253 g/mol. The fourth-order valence-electron chi connectivity index (χ4n) is 1.85. The Morgan fingerprint density at radius 2 is 1.89 bits per heavy atom. The first-order chi connectivity index (χ1) is 9.24. The summed E-state index contributed by atoms with van der Waals surface area (Å²) >= 11 is 0. The van der Waals surface area contributed by atoms with E-state index >= 15 is 0 Å². The molecule has 3 rings (SSSR count). The molecule has 19 heavy (non-hydrogen) atoms. The number of aromatic nitrogens is 1. The van der Waals surface area contributed by atoms with E-state index in [-0.39, 0.29) is 0 Å². The van der Waals surface area contributed by atoms with Crippen molar-refractivity contribution < 1.29 is 8.83 Å². The van der Waals surface area contributed by atoms with Crippen LogP contribution in [0.2, 0.25) is 0 Å². The van der Waals surface area contributed by atoms with Crippen molar-refractivity contribution in [1.82, 2.24) is 4.98 Å². The van der Waals surface area contributed by atoms with E-state index in [1.165, 1.54) is 6.26 Å². The van der Waals surface area contributed by atoms with Gasteiger partial charge in [-0.15, -0.1) is 0 Å². The van der Waals surface area contributed by atoms with E-state index in [0.717, 1.165) is 5.69 Å². The first kappa shape index (κ1) is 11.5. The number of hydrogen-bond donors (Lipinski definition) is 0. The molecule has 94 valence electrons. The third-order valence-electron chi connectivity index (χ3n) is 2.75. The van der Waals surface area contributed by atoms with Crippen LogP contribution in [0.1, 0.15) is 5.69 Å². The summed E-state index contributed by atoms with van der Waals surface area (Å²) in [4.78, 5) is 16.3. The average Bonchev–Trinajstić information content (AvgIpc) is 2.92. The molecule has 3 heterocycles. The summed E-state index contributed by atoms with van der Waals surface area (Å²) in [6.45, 7) is 1.88. The molecule has 0 N–H and O–H groups in total. The van der Waals surface area contributed by atoms with Gasteiger partial charge in [-0.25, -0.2) is 4.79 Å². The van der Waals surface area contributed by atoms with Gasteiger partial charge in [0.25, 0.3) is 0 Å². The zero-order chi connectivity index (χ0) is 13.2. The molecule has 0 aliphatic carbocycles. The Labute approximate surface area is 109 Å². The third-order valence-corrected chi connectivity index (χ3v) is 2.75. The zero-order valence-corrected chi connectivity index (χ0v) is 10.3. The third kappa shape index (κ3) is 2.20. The second-order valence-corrected chi connectivity index (χ2v) is 4.14. The normalized spacial score (nSPS) is 10.6. The van der Waals surface area contributed by atoms with Gasteiger partial charge in [-0.2, -0.15) is 0 Å². The molecular formula is C15H11NO3. The van der Waals surface area contributed by atoms with Crippen LogP contribution in [0.4, 0.5) is 0 Å². The van der Waals surface area contributed by atoms with Crippen LogP contribution < -0.4 is 5.63 Å². The van der Waals surface area contributed by atoms with Gasteiger partial charge in [-0.3, -0.25) is 4.98 Å². The molecule has 0 radical (unpaired) electrons. The highest BCUT2D eigenvalue weighted by Gasteiger charge is 2.10. The number of furan rings is 1. The molecule has 4 nitrogen and oxygen atoms in total. The van der Waals surface area contributed by atoms with Crippen molar-refractivity contribution in [3.05, 3.63) is 64.8 Å². The number of nitrogens with zero attached hydrogens (tertiary/aromatic N) is 1. The molecule has 0 bridgehead atoms. The number of aryl methyl sites for hydroxylation is 1. The number of pyridine rings is 1. The summed E-state index contributed by atoms with van der Waals surface area (Å²) in [6, 6.07) is 12.4. The molecule has 4 heteroatoms. The van der Waals surface area contributed by atoms with Crippen LogP contribution in [0.5, 0.6) is 0 Å². The van der Waals surface area contributed by atoms with Gasteiger partial charge in [0.1, 0.15) is 0 Å². The molecule has 0 atom stereocenters. The largest absolute Gasteiger partial charge is 0.461 e. The Hall–Kier alpha value is -2.62. The van der Waals surface area contributed by atoms with E-state index in [1.54, 1.807) is 30.3 Å². The Kier molecular flexibility index (Phi) is 2.76. The van der Waals surface area contributed by atoms with Crippen molar-refractivity contribution >= 4 is 0 Å². The van der Waals surface area contributed by atoms with Gasteiger partial charge in [0.15, 0.2) is 11.5 Å². The predicted molar refractivity (Wildman–Crippen MR) is 70.6 cm³/mol. The molecule has 0 saturated heterocycles. The van der Waals surface area contributed by atoms with Crippen LogP contribution in [0.25, 0.3) is 22.8 Å². The lowest BCUT2D eigenvalue weighted by molar-refractivity contribution is 0.492. The van der Waals surface area contributed by atoms with Crippen molar-refractivity contribution in [2.75, 3.05) is 0 Å². The minimum atomic E-state index is -0.424. The Morgan fingerprint density at radius 3 is 2.58 bits per heavy atom. The van der Waals surface area contributed by atoms with Crippen LogP contribution in [-0.2, 0) is 0 Å². The highest BCUT2D eigenvalue weighted by molar-refractivity contribution is 5.60. The first-order valence-corrected chi connectivity index (χ1v) is 5.86. The van der Waals surface area contributed by atoms with Crippen molar-refractivity contribution in [3.8, 4) is 22.8 Å². The quantitative estimate of drug-likeness (QED) is 0.703. The van der Waals surface area contributed by atoms with E-state index < -0.39 is 5.63 Å². The summed E-state index contributed by atoms with van der Waals surface area (Å²) in [7, 11) is 0. The van der Waals surface area contributed by atoms with Crippen LogP contribution in [0, 0.1) is 6.92 Å². The summed E-state index contributed by atoms with van der Waals surface area (Å²) in [6.07, 6.45) is 1.53. The van der Waals surface area contributed by atoms with E-state index in [0.29, 0.717) is 22.8 Å². The number of rotatable bonds is 2. The minimum Gasteiger partial charge on any atom is -0.461 e. The Morgan fingerprint density at radius 1 is 1.00 bits per heavy atom. The molecule has 0 unspecified atom stereocenters. The smallest absolute Gasteiger partial charge is 0.345 e. The molecule has 0 aromatic carbocycles. The first-order valence-electron chi connectivity index (χ1n) is 5.86. The summed E-state index contributed by atoms with van der Waals surface area (Å²) in [5.74, 6) is 0.937. The topological polar surface area (TPSA) is 56.2 Å². The van der Waals surface area contributed by atoms with Gasteiger partial charge in [-0.1, -0.05) is 6.07 Å². The SMILES string of the molecule is Cc1cccc(-c2ccc(-c3ccco3)oc2=O)n1. The van der Waals surface area contributed by atoms with Crippen LogP contribution in [0.3, 0.4) is 0 Å². The molecule has 0 spiro atoms. The predicted octanol–water partition coefficient (Wildman–Crippen LogP) is 3.27. The molecule has 0 aliphatic rings. The zero-order valence-electron chi connectivity index (χ0n) is 10.3. The maximum Gasteiger partial charge on any atom is 0.345 e. The van der Waals surface area contributed by atoms with Crippen molar-refractivity contribution in [2.24, 2.45) is 0 Å². The van der Waals surface area contributed by atoms with E-state index in [1.807, 2.05) is 19.1 Å². The minimum absolute atomic E-state index is 0.409. The van der Waals surface area contributed by atoms with Gasteiger partial charge < -0.3 is 8.83 Å². The monoisotopic (exact) mass is 253 g/mol. The molecular weight excluding hydrogens is 242 g/mol. The van der Waals surface area contributed by atoms with Crippen LogP contribution in [0.15, 0.2) is 62.4 Å². The fourth-order valence-corrected chi connectivity index (χ4v) is 1.85. The van der Waals surface area contributed by atoms with E-state index in [4.69, 9.17) is 8.83 Å². The van der Waals surface area contributed by atoms with Gasteiger partial charge in [0.05, 0.1) is 17.5 Å². The van der Waals surface area contributed by atoms with Crippen LogP contribution in [-0.4, -0.2) is 4.98 Å². The maximum atomic E-state index is 12.0. The van der Waals surface area contributed by atoms with Crippen molar-refractivity contribution in [1.29, 1.82) is 0 Å². The summed E-state index contributed by atoms with van der Waals surface area (Å²) in [5, 5.41) is 0. The number of hydrogen-bond acceptors (Lipinski definition) is 4. The van der Waals surface area contributed by atoms with Gasteiger partial charge in [0.2, 0.25) is 0 Å². The Balaban J connectivity index is 2.08. The molecule has 0 aliphatic heterocycles. The highest BCUT2D eigenvalue weighted by atomic mass is 16.4. The second kappa shape index (κ2) is 4.57. The van der Waals surface area contributed by atoms with Gasteiger partial charge in [0, 0.05) is 5.69 Å². The lowest BCUT2D eigenvalue weighted by Gasteiger charge is -2.01. The van der Waals surface area contributed by atoms with Gasteiger partial charge >= 0.3 is 5.63 Å². The molecule has 3 aromatic heterocycles. The van der Waals surface area contributed by atoms with Crippen LogP contribution >= 0.6 is 0 Å². The molecule has 0 amide bonds. The fraction of sp³-hybridized carbons (Fsp3) is 0.0667. The van der Waals surface area contributed by atoms with E-state index in [2.05, 4.69) is 4.98 Å². The van der Waals surface area contributed by atoms with Gasteiger partial charge in [-0.05, 0) is 43.3 Å².